The number of aromatic nitrogens is 2. The van der Waals surface area contributed by atoms with Crippen molar-refractivity contribution in [3.8, 4) is 0 Å². The van der Waals surface area contributed by atoms with Crippen LogP contribution >= 0.6 is 11.3 Å². The molecule has 6 heteroatoms. The molecule has 3 rings (SSSR count). The van der Waals surface area contributed by atoms with Crippen molar-refractivity contribution < 1.29 is 9.90 Å². The number of carbonyl (C=O) groups is 1. The number of anilines is 1. The van der Waals surface area contributed by atoms with Gasteiger partial charge in [0.25, 0.3) is 0 Å². The van der Waals surface area contributed by atoms with Gasteiger partial charge in [0.1, 0.15) is 17.0 Å². The predicted octanol–water partition coefficient (Wildman–Crippen LogP) is 3.00. The number of hydrogen-bond donors (Lipinski definition) is 2. The molecule has 0 atom stereocenters. The number of hydrogen-bond acceptors (Lipinski definition) is 5. The highest BCUT2D eigenvalue weighted by atomic mass is 32.1. The van der Waals surface area contributed by atoms with Crippen LogP contribution in [0.15, 0.2) is 42.0 Å². The summed E-state index contributed by atoms with van der Waals surface area (Å²) in [5, 5.41) is 15.1. The van der Waals surface area contributed by atoms with E-state index in [1.165, 1.54) is 6.33 Å². The van der Waals surface area contributed by atoms with Gasteiger partial charge in [-0.3, -0.25) is 0 Å². The summed E-state index contributed by atoms with van der Waals surface area (Å²) >= 11 is 1.57. The Bertz CT molecular complexity index is 752. The van der Waals surface area contributed by atoms with E-state index < -0.39 is 5.97 Å². The van der Waals surface area contributed by atoms with Crippen LogP contribution in [0.2, 0.25) is 0 Å². The smallest absolute Gasteiger partial charge is 0.335 e. The van der Waals surface area contributed by atoms with Gasteiger partial charge in [-0.15, -0.1) is 11.3 Å². The number of thiophene rings is 1. The van der Waals surface area contributed by atoms with Crippen molar-refractivity contribution in [2.24, 2.45) is 0 Å². The van der Waals surface area contributed by atoms with E-state index in [4.69, 9.17) is 5.11 Å². The van der Waals surface area contributed by atoms with Gasteiger partial charge in [-0.1, -0.05) is 12.1 Å². The fraction of sp³-hybridized carbons (Fsp3) is 0.0714. The molecular weight excluding hydrogens is 274 g/mol. The van der Waals surface area contributed by atoms with Crippen LogP contribution < -0.4 is 5.32 Å². The lowest BCUT2D eigenvalue weighted by Gasteiger charge is -2.06. The van der Waals surface area contributed by atoms with Crippen molar-refractivity contribution in [3.05, 3.63) is 53.2 Å². The molecule has 2 aromatic heterocycles. The van der Waals surface area contributed by atoms with E-state index >= 15 is 0 Å². The van der Waals surface area contributed by atoms with E-state index in [1.807, 2.05) is 11.4 Å². The fourth-order valence-electron chi connectivity index (χ4n) is 1.88. The number of nitrogens with zero attached hydrogens (tertiary/aromatic N) is 2. The molecule has 0 saturated carbocycles. The zero-order valence-corrected chi connectivity index (χ0v) is 11.2. The summed E-state index contributed by atoms with van der Waals surface area (Å²) in [5.41, 5.74) is 1.29. The van der Waals surface area contributed by atoms with Gasteiger partial charge in [0, 0.05) is 6.54 Å². The Morgan fingerprint density at radius 1 is 1.20 bits per heavy atom. The highest BCUT2D eigenvalue weighted by Crippen LogP contribution is 2.24. The van der Waals surface area contributed by atoms with E-state index in [1.54, 1.807) is 35.6 Å². The van der Waals surface area contributed by atoms with Gasteiger partial charge < -0.3 is 10.4 Å². The minimum atomic E-state index is -0.916. The third-order valence-electron chi connectivity index (χ3n) is 2.92. The zero-order chi connectivity index (χ0) is 13.9. The summed E-state index contributed by atoms with van der Waals surface area (Å²) in [6.07, 6.45) is 1.54. The number of fused-ring (bicyclic) bond motifs is 1. The summed E-state index contributed by atoms with van der Waals surface area (Å²) in [5.74, 6) is -0.126. The quantitative estimate of drug-likeness (QED) is 0.770. The van der Waals surface area contributed by atoms with E-state index in [9.17, 15) is 4.79 Å². The molecule has 5 nitrogen and oxygen atoms in total. The maximum absolute atomic E-state index is 10.8. The third-order valence-corrected chi connectivity index (χ3v) is 3.74. The van der Waals surface area contributed by atoms with Crippen LogP contribution in [0, 0.1) is 0 Å². The molecule has 100 valence electrons. The minimum Gasteiger partial charge on any atom is -0.478 e. The van der Waals surface area contributed by atoms with Crippen LogP contribution in [0.1, 0.15) is 15.9 Å². The van der Waals surface area contributed by atoms with Crippen LogP contribution in [-0.4, -0.2) is 21.0 Å². The Labute approximate surface area is 118 Å². The number of carboxylic acids is 1. The molecule has 0 unspecified atom stereocenters. The Kier molecular flexibility index (Phi) is 3.30. The molecule has 0 aliphatic rings. The van der Waals surface area contributed by atoms with Crippen LogP contribution in [0.25, 0.3) is 10.2 Å². The van der Waals surface area contributed by atoms with Crippen LogP contribution in [0.5, 0.6) is 0 Å². The molecule has 2 N–H and O–H groups in total. The highest BCUT2D eigenvalue weighted by molar-refractivity contribution is 7.16. The molecule has 0 radical (unpaired) electrons. The minimum absolute atomic E-state index is 0.288. The second-order valence-electron chi connectivity index (χ2n) is 4.22. The van der Waals surface area contributed by atoms with Gasteiger partial charge in [-0.25, -0.2) is 14.8 Å². The van der Waals surface area contributed by atoms with E-state index in [0.717, 1.165) is 21.6 Å². The Morgan fingerprint density at radius 3 is 2.75 bits per heavy atom. The lowest BCUT2D eigenvalue weighted by molar-refractivity contribution is 0.0697. The molecule has 0 bridgehead atoms. The zero-order valence-electron chi connectivity index (χ0n) is 10.4. The molecule has 0 spiro atoms. The second-order valence-corrected chi connectivity index (χ2v) is 5.11. The summed E-state index contributed by atoms with van der Waals surface area (Å²) in [6.45, 7) is 0.585. The molecule has 0 fully saturated rings. The van der Waals surface area contributed by atoms with Crippen molar-refractivity contribution in [1.29, 1.82) is 0 Å². The molecule has 0 amide bonds. The SMILES string of the molecule is O=C(O)c1ccc(CNc2ncnc3sccc23)cc1. The molecule has 2 heterocycles. The molecule has 0 aliphatic heterocycles. The molecule has 3 aromatic rings. The number of nitrogens with one attached hydrogen (secondary N) is 1. The predicted molar refractivity (Wildman–Crippen MR) is 78.1 cm³/mol. The molecule has 20 heavy (non-hydrogen) atoms. The largest absolute Gasteiger partial charge is 0.478 e. The number of rotatable bonds is 4. The van der Waals surface area contributed by atoms with Crippen molar-refractivity contribution >= 4 is 33.3 Å². The monoisotopic (exact) mass is 285 g/mol. The van der Waals surface area contributed by atoms with E-state index in [2.05, 4.69) is 15.3 Å². The molecule has 0 saturated heterocycles. The molecule has 1 aromatic carbocycles. The van der Waals surface area contributed by atoms with Crippen molar-refractivity contribution in [1.82, 2.24) is 9.97 Å². The first-order chi connectivity index (χ1) is 9.74. The first-order valence-corrected chi connectivity index (χ1v) is 6.86. The van der Waals surface area contributed by atoms with Crippen LogP contribution in [0.4, 0.5) is 5.82 Å². The van der Waals surface area contributed by atoms with Crippen molar-refractivity contribution in [2.45, 2.75) is 6.54 Å². The van der Waals surface area contributed by atoms with Crippen LogP contribution in [-0.2, 0) is 6.54 Å². The number of carboxylic acid groups (broad SMARTS) is 1. The third kappa shape index (κ3) is 2.46. The van der Waals surface area contributed by atoms with Crippen molar-refractivity contribution in [3.63, 3.8) is 0 Å². The van der Waals surface area contributed by atoms with Gasteiger partial charge >= 0.3 is 5.97 Å². The Balaban J connectivity index is 1.76. The number of benzene rings is 1. The van der Waals surface area contributed by atoms with E-state index in [-0.39, 0.29) is 5.56 Å². The summed E-state index contributed by atoms with van der Waals surface area (Å²) in [7, 11) is 0. The second kappa shape index (κ2) is 5.26. The standard InChI is InChI=1S/C14H11N3O2S/c18-14(19)10-3-1-9(2-4-10)7-15-12-11-5-6-20-13(11)17-8-16-12/h1-6,8H,7H2,(H,18,19)(H,15,16,17). The topological polar surface area (TPSA) is 75.1 Å². The van der Waals surface area contributed by atoms with Gasteiger partial charge in [-0.2, -0.15) is 0 Å². The maximum Gasteiger partial charge on any atom is 0.335 e. The van der Waals surface area contributed by atoms with Crippen LogP contribution in [0.3, 0.4) is 0 Å². The average molecular weight is 285 g/mol. The molecular formula is C14H11N3O2S. The van der Waals surface area contributed by atoms with Gasteiger partial charge in [0.05, 0.1) is 10.9 Å². The average Bonchev–Trinajstić information content (AvgIpc) is 2.94. The first kappa shape index (κ1) is 12.6. The lowest BCUT2D eigenvalue weighted by atomic mass is 10.1. The fourth-order valence-corrected chi connectivity index (χ4v) is 2.61. The summed E-state index contributed by atoms with van der Waals surface area (Å²) in [6, 6.07) is 8.76. The summed E-state index contributed by atoms with van der Waals surface area (Å²) in [4.78, 5) is 20.1. The normalized spacial score (nSPS) is 10.6. The maximum atomic E-state index is 10.8. The molecule has 0 aliphatic carbocycles. The van der Waals surface area contributed by atoms with Gasteiger partial charge in [-0.05, 0) is 29.1 Å². The van der Waals surface area contributed by atoms with Gasteiger partial charge in [0.15, 0.2) is 0 Å². The highest BCUT2D eigenvalue weighted by Gasteiger charge is 2.05. The lowest BCUT2D eigenvalue weighted by Crippen LogP contribution is -2.03. The van der Waals surface area contributed by atoms with E-state index in [0.29, 0.717) is 6.54 Å². The first-order valence-electron chi connectivity index (χ1n) is 5.98. The summed E-state index contributed by atoms with van der Waals surface area (Å²) < 4.78 is 0. The Morgan fingerprint density at radius 2 is 2.00 bits per heavy atom. The number of aromatic carboxylic acids is 1. The van der Waals surface area contributed by atoms with Crippen molar-refractivity contribution in [2.75, 3.05) is 5.32 Å². The van der Waals surface area contributed by atoms with Gasteiger partial charge in [0.2, 0.25) is 0 Å². The Hall–Kier alpha value is -2.47.